The molecule has 1 aromatic rings. The van der Waals surface area contributed by atoms with E-state index in [1.54, 1.807) is 0 Å². The van der Waals surface area contributed by atoms with Crippen LogP contribution in [0.2, 0.25) is 0 Å². The molecule has 1 saturated carbocycles. The predicted octanol–water partition coefficient (Wildman–Crippen LogP) is 2.07. The normalized spacial score (nSPS) is 25.0. The zero-order valence-electron chi connectivity index (χ0n) is 8.98. The number of benzene rings is 1. The van der Waals surface area contributed by atoms with E-state index >= 15 is 0 Å². The Morgan fingerprint density at radius 2 is 2.13 bits per heavy atom. The van der Waals surface area contributed by atoms with Gasteiger partial charge in [0, 0.05) is 12.2 Å². The third kappa shape index (κ3) is 2.98. The smallest absolute Gasteiger partial charge is 0.193 e. The van der Waals surface area contributed by atoms with Crippen molar-refractivity contribution in [2.24, 2.45) is 22.6 Å². The molecular formula is C12H17N3. The molecule has 0 radical (unpaired) electrons. The minimum Gasteiger partial charge on any atom is -0.370 e. The van der Waals surface area contributed by atoms with Gasteiger partial charge in [-0.3, -0.25) is 4.99 Å². The number of nitrogens with two attached hydrogens (primary N) is 1. The van der Waals surface area contributed by atoms with Crippen LogP contribution < -0.4 is 11.1 Å². The Bertz CT molecular complexity index is 345. The lowest BCUT2D eigenvalue weighted by atomic mass is 10.3. The number of nitrogens with zero attached hydrogens (tertiary/aromatic N) is 1. The van der Waals surface area contributed by atoms with Crippen molar-refractivity contribution < 1.29 is 0 Å². The van der Waals surface area contributed by atoms with Gasteiger partial charge in [0.05, 0.1) is 0 Å². The molecule has 15 heavy (non-hydrogen) atoms. The van der Waals surface area contributed by atoms with E-state index in [1.807, 2.05) is 30.3 Å². The first-order valence-corrected chi connectivity index (χ1v) is 5.37. The average Bonchev–Trinajstić information content (AvgIpc) is 2.93. The van der Waals surface area contributed by atoms with Gasteiger partial charge in [0.1, 0.15) is 0 Å². The Hall–Kier alpha value is -1.51. The van der Waals surface area contributed by atoms with E-state index in [9.17, 15) is 0 Å². The Morgan fingerprint density at radius 1 is 1.47 bits per heavy atom. The molecule has 1 aromatic carbocycles. The lowest BCUT2D eigenvalue weighted by molar-refractivity contribution is 0.761. The van der Waals surface area contributed by atoms with Crippen molar-refractivity contribution in [3.63, 3.8) is 0 Å². The van der Waals surface area contributed by atoms with Crippen LogP contribution >= 0.6 is 0 Å². The molecule has 2 atom stereocenters. The summed E-state index contributed by atoms with van der Waals surface area (Å²) in [5.74, 6) is 2.10. The standard InChI is InChI=1S/C12H17N3/c1-9-7-10(9)8-14-12(13)15-11-5-3-2-4-6-11/h2-6,9-10H,7-8H2,1H3,(H3,13,14,15). The molecule has 0 amide bonds. The molecule has 1 aliphatic rings. The molecule has 0 aromatic heterocycles. The van der Waals surface area contributed by atoms with Gasteiger partial charge in [-0.15, -0.1) is 0 Å². The second-order valence-corrected chi connectivity index (χ2v) is 4.19. The number of guanidine groups is 1. The largest absolute Gasteiger partial charge is 0.370 e. The van der Waals surface area contributed by atoms with E-state index in [0.717, 1.165) is 24.1 Å². The molecular weight excluding hydrogens is 186 g/mol. The van der Waals surface area contributed by atoms with Gasteiger partial charge in [0.2, 0.25) is 0 Å². The van der Waals surface area contributed by atoms with Crippen LogP contribution in [-0.4, -0.2) is 12.5 Å². The van der Waals surface area contributed by atoms with Crippen LogP contribution in [0.15, 0.2) is 35.3 Å². The van der Waals surface area contributed by atoms with Crippen molar-refractivity contribution in [3.8, 4) is 0 Å². The Kier molecular flexibility index (Phi) is 2.90. The highest BCUT2D eigenvalue weighted by Gasteiger charge is 2.31. The lowest BCUT2D eigenvalue weighted by Crippen LogP contribution is -2.23. The number of nitrogens with one attached hydrogen (secondary N) is 1. The van der Waals surface area contributed by atoms with Crippen LogP contribution in [0.25, 0.3) is 0 Å². The third-order valence-electron chi connectivity index (χ3n) is 2.82. The number of anilines is 1. The summed E-state index contributed by atoms with van der Waals surface area (Å²) in [5, 5.41) is 3.07. The zero-order chi connectivity index (χ0) is 10.7. The second-order valence-electron chi connectivity index (χ2n) is 4.19. The average molecular weight is 203 g/mol. The zero-order valence-corrected chi connectivity index (χ0v) is 8.98. The second kappa shape index (κ2) is 4.34. The van der Waals surface area contributed by atoms with Gasteiger partial charge < -0.3 is 11.1 Å². The topological polar surface area (TPSA) is 50.4 Å². The van der Waals surface area contributed by atoms with Crippen LogP contribution in [0, 0.1) is 11.8 Å². The molecule has 80 valence electrons. The molecule has 0 saturated heterocycles. The Labute approximate surface area is 90.4 Å². The van der Waals surface area contributed by atoms with Crippen LogP contribution in [0.4, 0.5) is 5.69 Å². The van der Waals surface area contributed by atoms with Crippen LogP contribution in [0.3, 0.4) is 0 Å². The molecule has 3 N–H and O–H groups in total. The first-order chi connectivity index (χ1) is 7.25. The monoisotopic (exact) mass is 203 g/mol. The van der Waals surface area contributed by atoms with Crippen molar-refractivity contribution in [1.82, 2.24) is 0 Å². The van der Waals surface area contributed by atoms with Gasteiger partial charge in [-0.2, -0.15) is 0 Å². The highest BCUT2D eigenvalue weighted by Crippen LogP contribution is 2.37. The van der Waals surface area contributed by atoms with Crippen LogP contribution in [-0.2, 0) is 0 Å². The number of para-hydroxylation sites is 1. The summed E-state index contributed by atoms with van der Waals surface area (Å²) in [6.45, 7) is 3.10. The van der Waals surface area contributed by atoms with E-state index in [2.05, 4.69) is 17.2 Å². The SMILES string of the molecule is CC1CC1CN=C(N)Nc1ccccc1. The molecule has 0 heterocycles. The van der Waals surface area contributed by atoms with Crippen molar-refractivity contribution in [2.75, 3.05) is 11.9 Å². The quantitative estimate of drug-likeness (QED) is 0.583. The summed E-state index contributed by atoms with van der Waals surface area (Å²) >= 11 is 0. The van der Waals surface area contributed by atoms with E-state index in [-0.39, 0.29) is 0 Å². The van der Waals surface area contributed by atoms with E-state index in [0.29, 0.717) is 5.96 Å². The molecule has 1 fully saturated rings. The molecule has 3 heteroatoms. The molecule has 0 spiro atoms. The number of aliphatic imine (C=N–C) groups is 1. The number of rotatable bonds is 3. The summed E-state index contributed by atoms with van der Waals surface area (Å²) in [6, 6.07) is 9.87. The molecule has 3 nitrogen and oxygen atoms in total. The maximum atomic E-state index is 5.77. The highest BCUT2D eigenvalue weighted by atomic mass is 15.1. The molecule has 0 aliphatic heterocycles. The van der Waals surface area contributed by atoms with E-state index < -0.39 is 0 Å². The van der Waals surface area contributed by atoms with Crippen LogP contribution in [0.5, 0.6) is 0 Å². The minimum atomic E-state index is 0.514. The summed E-state index contributed by atoms with van der Waals surface area (Å²) in [5.41, 5.74) is 6.75. The predicted molar refractivity (Wildman–Crippen MR) is 63.8 cm³/mol. The van der Waals surface area contributed by atoms with Gasteiger partial charge in [-0.1, -0.05) is 25.1 Å². The van der Waals surface area contributed by atoms with Gasteiger partial charge >= 0.3 is 0 Å². The molecule has 1 aliphatic carbocycles. The summed E-state index contributed by atoms with van der Waals surface area (Å²) in [7, 11) is 0. The van der Waals surface area contributed by atoms with Gasteiger partial charge in [-0.25, -0.2) is 0 Å². The lowest BCUT2D eigenvalue weighted by Gasteiger charge is -2.04. The van der Waals surface area contributed by atoms with Crippen molar-refractivity contribution in [3.05, 3.63) is 30.3 Å². The fraction of sp³-hybridized carbons (Fsp3) is 0.417. The van der Waals surface area contributed by atoms with Crippen LogP contribution in [0.1, 0.15) is 13.3 Å². The van der Waals surface area contributed by atoms with E-state index in [4.69, 9.17) is 5.73 Å². The van der Waals surface area contributed by atoms with Crippen molar-refractivity contribution in [1.29, 1.82) is 0 Å². The fourth-order valence-electron chi connectivity index (χ4n) is 1.58. The first-order valence-electron chi connectivity index (χ1n) is 5.37. The van der Waals surface area contributed by atoms with Gasteiger partial charge in [0.15, 0.2) is 5.96 Å². The summed E-state index contributed by atoms with van der Waals surface area (Å²) in [4.78, 5) is 4.32. The Balaban J connectivity index is 1.83. The van der Waals surface area contributed by atoms with Gasteiger partial charge in [-0.05, 0) is 30.4 Å². The van der Waals surface area contributed by atoms with Crippen molar-refractivity contribution in [2.45, 2.75) is 13.3 Å². The maximum Gasteiger partial charge on any atom is 0.193 e. The van der Waals surface area contributed by atoms with Gasteiger partial charge in [0.25, 0.3) is 0 Å². The summed E-state index contributed by atoms with van der Waals surface area (Å²) in [6.07, 6.45) is 1.29. The Morgan fingerprint density at radius 3 is 2.73 bits per heavy atom. The maximum absolute atomic E-state index is 5.77. The molecule has 2 rings (SSSR count). The summed E-state index contributed by atoms with van der Waals surface area (Å²) < 4.78 is 0. The molecule has 2 unspecified atom stereocenters. The first kappa shape index (κ1) is 10.0. The minimum absolute atomic E-state index is 0.514. The molecule has 0 bridgehead atoms. The highest BCUT2D eigenvalue weighted by molar-refractivity contribution is 5.92. The third-order valence-corrected chi connectivity index (χ3v) is 2.82. The fourth-order valence-corrected chi connectivity index (χ4v) is 1.58. The van der Waals surface area contributed by atoms with Crippen molar-refractivity contribution >= 4 is 11.6 Å². The number of hydrogen-bond acceptors (Lipinski definition) is 1. The number of hydrogen-bond donors (Lipinski definition) is 2. The van der Waals surface area contributed by atoms with E-state index in [1.165, 1.54) is 6.42 Å².